The van der Waals surface area contributed by atoms with E-state index in [0.717, 1.165) is 14.8 Å². The van der Waals surface area contributed by atoms with Crippen molar-refractivity contribution in [1.82, 2.24) is 4.31 Å². The van der Waals surface area contributed by atoms with Gasteiger partial charge in [0, 0.05) is 6.54 Å². The molecule has 192 valence electrons. The minimum Gasteiger partial charge on any atom is -0.494 e. The number of fused-ring (bicyclic) bond motifs is 1. The number of anilines is 1. The fourth-order valence-electron chi connectivity index (χ4n) is 4.40. The monoisotopic (exact) mass is 522 g/mol. The molecule has 10 heteroatoms. The van der Waals surface area contributed by atoms with Gasteiger partial charge in [0.15, 0.2) is 11.5 Å². The Morgan fingerprint density at radius 3 is 2.38 bits per heavy atom. The summed E-state index contributed by atoms with van der Waals surface area (Å²) in [6, 6.07) is 16.8. The van der Waals surface area contributed by atoms with Gasteiger partial charge in [0.2, 0.25) is 22.7 Å². The third-order valence-corrected chi connectivity index (χ3v) is 8.15. The van der Waals surface area contributed by atoms with Crippen molar-refractivity contribution in [3.63, 3.8) is 0 Å². The summed E-state index contributed by atoms with van der Waals surface area (Å²) in [5.74, 6) is 0.577. The number of nitrogens with zero attached hydrogens (tertiary/aromatic N) is 2. The van der Waals surface area contributed by atoms with Crippen LogP contribution >= 0.6 is 0 Å². The summed E-state index contributed by atoms with van der Waals surface area (Å²) in [6.07, 6.45) is -0.276. The van der Waals surface area contributed by atoms with Gasteiger partial charge in [-0.05, 0) is 67.9 Å². The largest absolute Gasteiger partial charge is 0.494 e. The smallest absolute Gasteiger partial charge is 0.252 e. The van der Waals surface area contributed by atoms with Gasteiger partial charge < -0.3 is 14.2 Å². The van der Waals surface area contributed by atoms with Crippen LogP contribution in [0.1, 0.15) is 24.5 Å². The first kappa shape index (κ1) is 24.8. The first-order valence-electron chi connectivity index (χ1n) is 11.8. The highest BCUT2D eigenvalue weighted by Gasteiger charge is 2.47. The molecule has 2 heterocycles. The Morgan fingerprint density at radius 1 is 0.973 bits per heavy atom. The average Bonchev–Trinajstić information content (AvgIpc) is 3.46. The molecule has 1 fully saturated rings. The van der Waals surface area contributed by atoms with Gasteiger partial charge in [-0.1, -0.05) is 23.8 Å². The number of aryl methyl sites for hydroxylation is 1. The summed E-state index contributed by atoms with van der Waals surface area (Å²) >= 11 is 0. The second-order valence-electron chi connectivity index (χ2n) is 8.77. The second kappa shape index (κ2) is 9.87. The van der Waals surface area contributed by atoms with Gasteiger partial charge >= 0.3 is 0 Å². The molecule has 0 radical (unpaired) electrons. The molecule has 2 amide bonds. The van der Waals surface area contributed by atoms with Gasteiger partial charge in [0.1, 0.15) is 11.8 Å². The summed E-state index contributed by atoms with van der Waals surface area (Å²) in [7, 11) is -4.15. The van der Waals surface area contributed by atoms with Gasteiger partial charge in [-0.25, -0.2) is 13.3 Å². The van der Waals surface area contributed by atoms with Crippen LogP contribution in [0.2, 0.25) is 0 Å². The lowest BCUT2D eigenvalue weighted by Gasteiger charge is -2.27. The maximum atomic E-state index is 13.9. The fourth-order valence-corrected chi connectivity index (χ4v) is 5.97. The van der Waals surface area contributed by atoms with E-state index in [1.165, 1.54) is 12.1 Å². The Hall–Kier alpha value is -3.89. The Bertz CT molecular complexity index is 1440. The SMILES string of the molecule is CCOc1ccc(N2C(=O)CC(N(Cc3ccc4c(c3)OCO4)S(=O)(=O)c3ccc(C)cc3)C2=O)cc1. The molecule has 2 aliphatic heterocycles. The fraction of sp³-hybridized carbons (Fsp3) is 0.259. The van der Waals surface area contributed by atoms with E-state index in [1.807, 2.05) is 13.8 Å². The molecule has 37 heavy (non-hydrogen) atoms. The normalized spacial score (nSPS) is 17.1. The van der Waals surface area contributed by atoms with Crippen LogP contribution in [-0.2, 0) is 26.2 Å². The van der Waals surface area contributed by atoms with Crippen molar-refractivity contribution in [1.29, 1.82) is 0 Å². The Balaban J connectivity index is 1.51. The quantitative estimate of drug-likeness (QED) is 0.416. The molecule has 1 atom stereocenters. The third kappa shape index (κ3) is 4.77. The second-order valence-corrected chi connectivity index (χ2v) is 10.7. The highest BCUT2D eigenvalue weighted by atomic mass is 32.2. The first-order chi connectivity index (χ1) is 17.8. The zero-order chi connectivity index (χ0) is 26.2. The van der Waals surface area contributed by atoms with E-state index in [0.29, 0.717) is 35.1 Å². The molecule has 0 N–H and O–H groups in total. The predicted molar refractivity (Wildman–Crippen MR) is 135 cm³/mol. The first-order valence-corrected chi connectivity index (χ1v) is 13.3. The van der Waals surface area contributed by atoms with Gasteiger partial charge in [-0.15, -0.1) is 0 Å². The van der Waals surface area contributed by atoms with E-state index in [4.69, 9.17) is 14.2 Å². The summed E-state index contributed by atoms with van der Waals surface area (Å²) < 4.78 is 45.0. The molecule has 1 unspecified atom stereocenters. The van der Waals surface area contributed by atoms with Crippen LogP contribution in [0.3, 0.4) is 0 Å². The molecule has 9 nitrogen and oxygen atoms in total. The van der Waals surface area contributed by atoms with Crippen LogP contribution in [0.5, 0.6) is 17.2 Å². The number of carbonyl (C=O) groups is 2. The lowest BCUT2D eigenvalue weighted by Crippen LogP contribution is -2.45. The number of amides is 2. The highest BCUT2D eigenvalue weighted by Crippen LogP contribution is 2.35. The van der Waals surface area contributed by atoms with Crippen molar-refractivity contribution < 1.29 is 32.2 Å². The molecule has 1 saturated heterocycles. The van der Waals surface area contributed by atoms with Crippen LogP contribution in [-0.4, -0.2) is 44.0 Å². The maximum Gasteiger partial charge on any atom is 0.252 e. The lowest BCUT2D eigenvalue weighted by atomic mass is 10.1. The molecule has 0 aliphatic carbocycles. The topological polar surface area (TPSA) is 102 Å². The highest BCUT2D eigenvalue weighted by molar-refractivity contribution is 7.89. The Morgan fingerprint density at radius 2 is 1.68 bits per heavy atom. The minimum atomic E-state index is -4.15. The lowest BCUT2D eigenvalue weighted by molar-refractivity contribution is -0.122. The van der Waals surface area contributed by atoms with Crippen molar-refractivity contribution in [2.75, 3.05) is 18.3 Å². The van der Waals surface area contributed by atoms with Gasteiger partial charge in [-0.2, -0.15) is 4.31 Å². The molecule has 0 spiro atoms. The molecule has 0 saturated carbocycles. The Kier molecular flexibility index (Phi) is 6.61. The van der Waals surface area contributed by atoms with E-state index < -0.39 is 27.9 Å². The van der Waals surface area contributed by atoms with Gasteiger partial charge in [0.05, 0.1) is 23.6 Å². The molecular formula is C27H26N2O7S. The molecule has 0 bridgehead atoms. The van der Waals surface area contributed by atoms with Crippen molar-refractivity contribution in [3.8, 4) is 17.2 Å². The number of sulfonamides is 1. The molecule has 5 rings (SSSR count). The van der Waals surface area contributed by atoms with Crippen LogP contribution in [0, 0.1) is 6.92 Å². The summed E-state index contributed by atoms with van der Waals surface area (Å²) in [4.78, 5) is 27.7. The standard InChI is InChI=1S/C27H26N2O7S/c1-3-34-21-9-7-20(8-10-21)29-26(30)15-23(27(29)31)28(37(32,33)22-11-4-18(2)5-12-22)16-19-6-13-24-25(14-19)36-17-35-24/h4-14,23H,3,15-17H2,1-2H3. The van der Waals surface area contributed by atoms with Crippen LogP contribution in [0.4, 0.5) is 5.69 Å². The van der Waals surface area contributed by atoms with E-state index >= 15 is 0 Å². The average molecular weight is 523 g/mol. The minimum absolute atomic E-state index is 0.0404. The van der Waals surface area contributed by atoms with Crippen LogP contribution in [0.15, 0.2) is 71.6 Å². The number of hydrogen-bond acceptors (Lipinski definition) is 7. The van der Waals surface area contributed by atoms with E-state index in [-0.39, 0.29) is 24.7 Å². The van der Waals surface area contributed by atoms with Crippen LogP contribution in [0.25, 0.3) is 0 Å². The number of rotatable bonds is 8. The Labute approximate surface area is 215 Å². The third-order valence-electron chi connectivity index (χ3n) is 6.28. The maximum absolute atomic E-state index is 13.9. The van der Waals surface area contributed by atoms with Crippen molar-refractivity contribution in [2.45, 2.75) is 37.8 Å². The van der Waals surface area contributed by atoms with Crippen LogP contribution < -0.4 is 19.1 Å². The summed E-state index contributed by atoms with van der Waals surface area (Å²) in [6.45, 7) is 4.14. The molecule has 3 aromatic carbocycles. The number of imide groups is 1. The zero-order valence-electron chi connectivity index (χ0n) is 20.4. The van der Waals surface area contributed by atoms with Gasteiger partial charge in [0.25, 0.3) is 5.91 Å². The molecule has 0 aromatic heterocycles. The number of hydrogen-bond donors (Lipinski definition) is 0. The van der Waals surface area contributed by atoms with E-state index in [9.17, 15) is 18.0 Å². The predicted octanol–water partition coefficient (Wildman–Crippen LogP) is 3.65. The number of ether oxygens (including phenoxy) is 3. The van der Waals surface area contributed by atoms with Crippen molar-refractivity contribution in [2.24, 2.45) is 0 Å². The van der Waals surface area contributed by atoms with E-state index in [2.05, 4.69) is 0 Å². The number of benzene rings is 3. The van der Waals surface area contributed by atoms with Crippen molar-refractivity contribution >= 4 is 27.5 Å². The molecule has 2 aliphatic rings. The zero-order valence-corrected chi connectivity index (χ0v) is 21.2. The summed E-state index contributed by atoms with van der Waals surface area (Å²) in [5, 5.41) is 0. The molecule has 3 aromatic rings. The molecular weight excluding hydrogens is 496 g/mol. The van der Waals surface area contributed by atoms with Crippen molar-refractivity contribution in [3.05, 3.63) is 77.9 Å². The van der Waals surface area contributed by atoms with E-state index in [1.54, 1.807) is 54.6 Å². The van der Waals surface area contributed by atoms with Gasteiger partial charge in [-0.3, -0.25) is 9.59 Å². The number of carbonyl (C=O) groups excluding carboxylic acids is 2. The summed E-state index contributed by atoms with van der Waals surface area (Å²) in [5.41, 5.74) is 1.85.